The minimum Gasteiger partial charge on any atom is -0.486 e. The van der Waals surface area contributed by atoms with E-state index < -0.39 is 16.1 Å². The van der Waals surface area contributed by atoms with E-state index in [1.165, 1.54) is 12.1 Å². The summed E-state index contributed by atoms with van der Waals surface area (Å²) in [6, 6.07) is 17.7. The molecule has 0 aromatic heterocycles. The van der Waals surface area contributed by atoms with Crippen molar-refractivity contribution in [1.29, 1.82) is 0 Å². The second kappa shape index (κ2) is 9.66. The third-order valence-corrected chi connectivity index (χ3v) is 6.09. The highest BCUT2D eigenvalue weighted by atomic mass is 35.5. The molecule has 0 N–H and O–H groups in total. The molecule has 0 unspecified atom stereocenters. The van der Waals surface area contributed by atoms with Gasteiger partial charge >= 0.3 is 0 Å². The molecular weight excluding hydrogens is 487 g/mol. The number of imide groups is 1. The van der Waals surface area contributed by atoms with Gasteiger partial charge in [-0.3, -0.25) is 19.7 Å². The summed E-state index contributed by atoms with van der Waals surface area (Å²) < 4.78 is 5.70. The number of anilines is 1. The van der Waals surface area contributed by atoms with E-state index in [1.807, 2.05) is 0 Å². The number of amides is 2. The minimum absolute atomic E-state index is 0.0177. The van der Waals surface area contributed by atoms with Crippen molar-refractivity contribution in [3.8, 4) is 5.75 Å². The van der Waals surface area contributed by atoms with Crippen LogP contribution in [0.2, 0.25) is 10.0 Å². The molecule has 1 aliphatic heterocycles. The van der Waals surface area contributed by atoms with Gasteiger partial charge in [-0.05, 0) is 65.4 Å². The highest BCUT2D eigenvalue weighted by Crippen LogP contribution is 2.39. The smallest absolute Gasteiger partial charge is 0.298 e. The van der Waals surface area contributed by atoms with E-state index in [2.05, 4.69) is 0 Å². The Morgan fingerprint density at radius 3 is 2.24 bits per heavy atom. The SMILES string of the molecule is O=C1S/C(=C\c2cc(Cl)c(OCc3ccc([N+](=O)[O-])cc3)c(Cl)c2)C(=O)N1c1ccccc1. The third kappa shape index (κ3) is 5.03. The van der Waals surface area contributed by atoms with Crippen LogP contribution in [0.4, 0.5) is 16.2 Å². The number of hydrogen-bond donors (Lipinski definition) is 0. The molecule has 0 radical (unpaired) electrons. The number of halogens is 2. The van der Waals surface area contributed by atoms with E-state index in [0.717, 1.165) is 16.7 Å². The molecule has 166 valence electrons. The number of non-ortho nitro benzene ring substituents is 1. The van der Waals surface area contributed by atoms with Gasteiger partial charge in [-0.2, -0.15) is 0 Å². The Balaban J connectivity index is 1.51. The van der Waals surface area contributed by atoms with Crippen LogP contribution in [0.5, 0.6) is 5.75 Å². The molecule has 1 fully saturated rings. The summed E-state index contributed by atoms with van der Waals surface area (Å²) >= 11 is 13.5. The van der Waals surface area contributed by atoms with E-state index >= 15 is 0 Å². The monoisotopic (exact) mass is 500 g/mol. The average Bonchev–Trinajstić information content (AvgIpc) is 3.06. The Morgan fingerprint density at radius 1 is 1.00 bits per heavy atom. The van der Waals surface area contributed by atoms with Crippen molar-refractivity contribution >= 4 is 63.6 Å². The molecule has 0 atom stereocenters. The lowest BCUT2D eigenvalue weighted by Gasteiger charge is -2.12. The normalized spacial score (nSPS) is 14.7. The van der Waals surface area contributed by atoms with Crippen LogP contribution in [0.25, 0.3) is 6.08 Å². The highest BCUT2D eigenvalue weighted by molar-refractivity contribution is 8.19. The summed E-state index contributed by atoms with van der Waals surface area (Å²) in [4.78, 5) is 36.8. The van der Waals surface area contributed by atoms with Gasteiger partial charge in [0, 0.05) is 12.1 Å². The molecule has 0 aliphatic carbocycles. The molecule has 3 aromatic carbocycles. The van der Waals surface area contributed by atoms with E-state index in [1.54, 1.807) is 60.7 Å². The van der Waals surface area contributed by atoms with Gasteiger partial charge in [0.1, 0.15) is 6.61 Å². The molecule has 2 amide bonds. The van der Waals surface area contributed by atoms with E-state index in [9.17, 15) is 19.7 Å². The van der Waals surface area contributed by atoms with Crippen LogP contribution in [0.1, 0.15) is 11.1 Å². The van der Waals surface area contributed by atoms with E-state index in [0.29, 0.717) is 16.8 Å². The van der Waals surface area contributed by atoms with Gasteiger partial charge in [-0.15, -0.1) is 0 Å². The number of hydrogen-bond acceptors (Lipinski definition) is 6. The van der Waals surface area contributed by atoms with Crippen LogP contribution < -0.4 is 9.64 Å². The number of ether oxygens (including phenoxy) is 1. The lowest BCUT2D eigenvalue weighted by molar-refractivity contribution is -0.384. The largest absolute Gasteiger partial charge is 0.486 e. The first-order valence-corrected chi connectivity index (χ1v) is 11.1. The van der Waals surface area contributed by atoms with Crippen molar-refractivity contribution in [2.45, 2.75) is 6.61 Å². The molecule has 33 heavy (non-hydrogen) atoms. The number of carbonyl (C=O) groups is 2. The quantitative estimate of drug-likeness (QED) is 0.212. The van der Waals surface area contributed by atoms with Gasteiger partial charge < -0.3 is 4.74 Å². The lowest BCUT2D eigenvalue weighted by Crippen LogP contribution is -2.27. The van der Waals surface area contributed by atoms with Crippen molar-refractivity contribution in [2.24, 2.45) is 0 Å². The van der Waals surface area contributed by atoms with Gasteiger partial charge in [-0.25, -0.2) is 4.90 Å². The number of thioether (sulfide) groups is 1. The number of para-hydroxylation sites is 1. The second-order valence-corrected chi connectivity index (χ2v) is 8.69. The van der Waals surface area contributed by atoms with E-state index in [4.69, 9.17) is 27.9 Å². The number of nitro benzene ring substituents is 1. The number of carbonyl (C=O) groups excluding carboxylic acids is 2. The predicted molar refractivity (Wildman–Crippen MR) is 129 cm³/mol. The van der Waals surface area contributed by atoms with Crippen LogP contribution in [0, 0.1) is 10.1 Å². The molecule has 0 saturated carbocycles. The van der Waals surface area contributed by atoms with Crippen molar-refractivity contribution < 1.29 is 19.2 Å². The van der Waals surface area contributed by atoms with Crippen LogP contribution in [0.15, 0.2) is 71.6 Å². The first kappa shape index (κ1) is 22.8. The summed E-state index contributed by atoms with van der Waals surface area (Å²) in [7, 11) is 0. The standard InChI is InChI=1S/C23H14Cl2N2O5S/c24-18-10-15(12-20-22(28)26(23(29)33-20)16-4-2-1-3-5-16)11-19(25)21(18)32-13-14-6-8-17(9-7-14)27(30)31/h1-12H,13H2/b20-12-. The summed E-state index contributed by atoms with van der Waals surface area (Å²) in [6.07, 6.45) is 1.55. The summed E-state index contributed by atoms with van der Waals surface area (Å²) in [5.74, 6) is -0.187. The van der Waals surface area contributed by atoms with Crippen molar-refractivity contribution in [2.75, 3.05) is 4.90 Å². The first-order valence-electron chi connectivity index (χ1n) is 9.51. The van der Waals surface area contributed by atoms with Crippen molar-refractivity contribution in [3.05, 3.63) is 103 Å². The molecule has 1 heterocycles. The Hall–Kier alpha value is -3.33. The Labute approximate surface area is 202 Å². The van der Waals surface area contributed by atoms with Crippen LogP contribution in [-0.2, 0) is 11.4 Å². The summed E-state index contributed by atoms with van der Waals surface area (Å²) in [6.45, 7) is 0.104. The van der Waals surface area contributed by atoms with Crippen molar-refractivity contribution in [3.63, 3.8) is 0 Å². The second-order valence-electron chi connectivity index (χ2n) is 6.88. The Kier molecular flexibility index (Phi) is 6.69. The van der Waals surface area contributed by atoms with E-state index in [-0.39, 0.29) is 33.0 Å². The molecule has 1 aliphatic rings. The fraction of sp³-hybridized carbons (Fsp3) is 0.0435. The number of nitro groups is 1. The topological polar surface area (TPSA) is 89.7 Å². The third-order valence-electron chi connectivity index (χ3n) is 4.66. The van der Waals surface area contributed by atoms with Crippen LogP contribution in [-0.4, -0.2) is 16.1 Å². The van der Waals surface area contributed by atoms with Gasteiger partial charge in [-0.1, -0.05) is 41.4 Å². The van der Waals surface area contributed by atoms with Gasteiger partial charge in [0.25, 0.3) is 16.8 Å². The van der Waals surface area contributed by atoms with Gasteiger partial charge in [0.05, 0.1) is 25.6 Å². The molecule has 3 aromatic rings. The molecule has 4 rings (SSSR count). The zero-order chi connectivity index (χ0) is 23.5. The summed E-state index contributed by atoms with van der Waals surface area (Å²) in [5.41, 5.74) is 1.71. The van der Waals surface area contributed by atoms with Crippen LogP contribution in [0.3, 0.4) is 0 Å². The van der Waals surface area contributed by atoms with Crippen molar-refractivity contribution in [1.82, 2.24) is 0 Å². The first-order chi connectivity index (χ1) is 15.8. The summed E-state index contributed by atoms with van der Waals surface area (Å²) in [5, 5.41) is 10.8. The highest BCUT2D eigenvalue weighted by Gasteiger charge is 2.36. The molecule has 7 nitrogen and oxygen atoms in total. The zero-order valence-corrected chi connectivity index (χ0v) is 19.1. The maximum Gasteiger partial charge on any atom is 0.298 e. The Bertz CT molecular complexity index is 1260. The molecule has 0 bridgehead atoms. The van der Waals surface area contributed by atoms with Crippen LogP contribution >= 0.6 is 35.0 Å². The zero-order valence-electron chi connectivity index (χ0n) is 16.7. The number of rotatable bonds is 6. The Morgan fingerprint density at radius 2 is 1.64 bits per heavy atom. The molecular formula is C23H14Cl2N2O5S. The molecule has 10 heteroatoms. The van der Waals surface area contributed by atoms with Gasteiger partial charge in [0.2, 0.25) is 0 Å². The number of benzene rings is 3. The molecule has 1 saturated heterocycles. The lowest BCUT2D eigenvalue weighted by atomic mass is 10.2. The van der Waals surface area contributed by atoms with Gasteiger partial charge in [0.15, 0.2) is 5.75 Å². The fourth-order valence-electron chi connectivity index (χ4n) is 3.09. The average molecular weight is 501 g/mol. The maximum absolute atomic E-state index is 12.8. The predicted octanol–water partition coefficient (Wildman–Crippen LogP) is 6.72. The minimum atomic E-state index is -0.481. The maximum atomic E-state index is 12.8. The fourth-order valence-corrected chi connectivity index (χ4v) is 4.54. The molecule has 0 spiro atoms. The number of nitrogens with zero attached hydrogens (tertiary/aromatic N) is 2.